The number of amides is 2. The second-order valence-corrected chi connectivity index (χ2v) is 4.37. The molecule has 2 N–H and O–H groups in total. The monoisotopic (exact) mass is 264 g/mol. The Kier molecular flexibility index (Phi) is 4.01. The predicted octanol–water partition coefficient (Wildman–Crippen LogP) is 1.31. The third-order valence-corrected chi connectivity index (χ3v) is 3.06. The number of aliphatic carboxylic acids is 1. The summed E-state index contributed by atoms with van der Waals surface area (Å²) in [4.78, 5) is 24.5. The number of aryl methyl sites for hydroxylation is 1. The maximum absolute atomic E-state index is 12.1. The third kappa shape index (κ3) is 3.03. The van der Waals surface area contributed by atoms with E-state index in [1.807, 2.05) is 25.1 Å². The molecule has 0 spiro atoms. The summed E-state index contributed by atoms with van der Waals surface area (Å²) in [6.45, 7) is 2.53. The van der Waals surface area contributed by atoms with Crippen LogP contribution >= 0.6 is 0 Å². The highest BCUT2D eigenvalue weighted by molar-refractivity contribution is 5.93. The average Bonchev–Trinajstić information content (AvgIpc) is 2.41. The zero-order valence-electron chi connectivity index (χ0n) is 10.6. The first kappa shape index (κ1) is 13.4. The molecule has 1 unspecified atom stereocenters. The number of anilines is 1. The molecular weight excluding hydrogens is 248 g/mol. The Balaban J connectivity index is 2.10. The Bertz CT molecular complexity index is 489. The lowest BCUT2D eigenvalue weighted by Gasteiger charge is -2.32. The summed E-state index contributed by atoms with van der Waals surface area (Å²) in [5.74, 6) is -1.06. The number of rotatable bonds is 2. The van der Waals surface area contributed by atoms with Gasteiger partial charge in [0.1, 0.15) is 0 Å². The standard InChI is InChI=1S/C13H16N2O4/c1-9-4-2-3-5-10(9)14-13(18)15-6-7-19-8-11(15)12(16)17/h2-5,11H,6-8H2,1H3,(H,14,18)(H,16,17). The zero-order valence-corrected chi connectivity index (χ0v) is 10.6. The zero-order chi connectivity index (χ0) is 13.8. The minimum atomic E-state index is -1.06. The van der Waals surface area contributed by atoms with E-state index >= 15 is 0 Å². The van der Waals surface area contributed by atoms with Gasteiger partial charge in [-0.1, -0.05) is 18.2 Å². The second-order valence-electron chi connectivity index (χ2n) is 4.37. The number of benzene rings is 1. The molecule has 6 heteroatoms. The van der Waals surface area contributed by atoms with Crippen LogP contribution in [0.2, 0.25) is 0 Å². The number of para-hydroxylation sites is 1. The number of nitrogens with zero attached hydrogens (tertiary/aromatic N) is 1. The van der Waals surface area contributed by atoms with Gasteiger partial charge in [-0.3, -0.25) is 0 Å². The van der Waals surface area contributed by atoms with Crippen molar-refractivity contribution < 1.29 is 19.4 Å². The second kappa shape index (κ2) is 5.71. The molecule has 1 aliphatic heterocycles. The average molecular weight is 264 g/mol. The van der Waals surface area contributed by atoms with Gasteiger partial charge >= 0.3 is 12.0 Å². The van der Waals surface area contributed by atoms with Crippen molar-refractivity contribution in [3.8, 4) is 0 Å². The fraction of sp³-hybridized carbons (Fsp3) is 0.385. The number of carboxylic acids is 1. The largest absolute Gasteiger partial charge is 0.480 e. The summed E-state index contributed by atoms with van der Waals surface area (Å²) < 4.78 is 5.10. The van der Waals surface area contributed by atoms with Gasteiger partial charge in [0.15, 0.2) is 6.04 Å². The highest BCUT2D eigenvalue weighted by Gasteiger charge is 2.32. The maximum Gasteiger partial charge on any atom is 0.328 e. The van der Waals surface area contributed by atoms with Gasteiger partial charge in [0, 0.05) is 12.2 Å². The molecular formula is C13H16N2O4. The molecule has 0 radical (unpaired) electrons. The van der Waals surface area contributed by atoms with Crippen molar-refractivity contribution in [2.75, 3.05) is 25.1 Å². The quantitative estimate of drug-likeness (QED) is 0.844. The molecule has 1 saturated heterocycles. The Labute approximate surface area is 111 Å². The van der Waals surface area contributed by atoms with Gasteiger partial charge in [-0.25, -0.2) is 9.59 Å². The van der Waals surface area contributed by atoms with Crippen molar-refractivity contribution in [3.05, 3.63) is 29.8 Å². The number of carbonyl (C=O) groups excluding carboxylic acids is 1. The van der Waals surface area contributed by atoms with Crippen LogP contribution in [0, 0.1) is 6.92 Å². The molecule has 1 heterocycles. The van der Waals surface area contributed by atoms with E-state index in [0.29, 0.717) is 12.3 Å². The first-order valence-corrected chi connectivity index (χ1v) is 6.03. The van der Waals surface area contributed by atoms with Crippen LogP contribution in [0.25, 0.3) is 0 Å². The summed E-state index contributed by atoms with van der Waals surface area (Å²) in [5.41, 5.74) is 1.61. The van der Waals surface area contributed by atoms with Crippen LogP contribution in [0.15, 0.2) is 24.3 Å². The van der Waals surface area contributed by atoms with E-state index in [2.05, 4.69) is 5.32 Å². The molecule has 1 aromatic carbocycles. The number of carbonyl (C=O) groups is 2. The summed E-state index contributed by atoms with van der Waals surface area (Å²) in [5, 5.41) is 11.8. The van der Waals surface area contributed by atoms with Gasteiger partial charge in [0.2, 0.25) is 0 Å². The fourth-order valence-corrected chi connectivity index (χ4v) is 1.95. The lowest BCUT2D eigenvalue weighted by atomic mass is 10.2. The first-order valence-electron chi connectivity index (χ1n) is 6.03. The summed E-state index contributed by atoms with van der Waals surface area (Å²) in [6.07, 6.45) is 0. The number of carboxylic acid groups (broad SMARTS) is 1. The Morgan fingerprint density at radius 3 is 2.84 bits per heavy atom. The van der Waals surface area contributed by atoms with Gasteiger partial charge in [0.25, 0.3) is 0 Å². The van der Waals surface area contributed by atoms with Crippen molar-refractivity contribution in [3.63, 3.8) is 0 Å². The van der Waals surface area contributed by atoms with Crippen molar-refractivity contribution in [1.29, 1.82) is 0 Å². The van der Waals surface area contributed by atoms with E-state index in [4.69, 9.17) is 9.84 Å². The normalized spacial score (nSPS) is 19.0. The first-order chi connectivity index (χ1) is 9.09. The number of hydrogen-bond donors (Lipinski definition) is 2. The van der Waals surface area contributed by atoms with Gasteiger partial charge in [0.05, 0.1) is 13.2 Å². The van der Waals surface area contributed by atoms with Crippen molar-refractivity contribution in [1.82, 2.24) is 4.90 Å². The molecule has 6 nitrogen and oxygen atoms in total. The van der Waals surface area contributed by atoms with Gasteiger partial charge < -0.3 is 20.1 Å². The molecule has 0 saturated carbocycles. The van der Waals surface area contributed by atoms with Crippen LogP contribution in [-0.2, 0) is 9.53 Å². The van der Waals surface area contributed by atoms with E-state index in [1.54, 1.807) is 6.07 Å². The number of nitrogens with one attached hydrogen (secondary N) is 1. The van der Waals surface area contributed by atoms with E-state index in [-0.39, 0.29) is 13.2 Å². The Morgan fingerprint density at radius 1 is 1.42 bits per heavy atom. The highest BCUT2D eigenvalue weighted by Crippen LogP contribution is 2.16. The minimum Gasteiger partial charge on any atom is -0.480 e. The molecule has 2 rings (SSSR count). The Hall–Kier alpha value is -2.08. The van der Waals surface area contributed by atoms with Crippen molar-refractivity contribution in [2.24, 2.45) is 0 Å². The van der Waals surface area contributed by atoms with E-state index in [0.717, 1.165) is 5.56 Å². The molecule has 19 heavy (non-hydrogen) atoms. The molecule has 1 aliphatic rings. The number of ether oxygens (including phenoxy) is 1. The van der Waals surface area contributed by atoms with E-state index in [9.17, 15) is 9.59 Å². The summed E-state index contributed by atoms with van der Waals surface area (Å²) in [6, 6.07) is 6.01. The Morgan fingerprint density at radius 2 is 2.16 bits per heavy atom. The minimum absolute atomic E-state index is 0.0243. The molecule has 2 amide bonds. The molecule has 0 aromatic heterocycles. The topological polar surface area (TPSA) is 78.9 Å². The molecule has 1 atom stereocenters. The van der Waals surface area contributed by atoms with E-state index in [1.165, 1.54) is 4.90 Å². The summed E-state index contributed by atoms with van der Waals surface area (Å²) >= 11 is 0. The molecule has 1 fully saturated rings. The molecule has 0 aliphatic carbocycles. The van der Waals surface area contributed by atoms with Crippen LogP contribution in [0.4, 0.5) is 10.5 Å². The van der Waals surface area contributed by atoms with Gasteiger partial charge in [-0.15, -0.1) is 0 Å². The summed E-state index contributed by atoms with van der Waals surface area (Å²) in [7, 11) is 0. The molecule has 102 valence electrons. The van der Waals surface area contributed by atoms with Crippen LogP contribution in [0.1, 0.15) is 5.56 Å². The van der Waals surface area contributed by atoms with Crippen LogP contribution in [-0.4, -0.2) is 47.8 Å². The smallest absolute Gasteiger partial charge is 0.328 e. The molecule has 0 bridgehead atoms. The van der Waals surface area contributed by atoms with Crippen LogP contribution < -0.4 is 5.32 Å². The highest BCUT2D eigenvalue weighted by atomic mass is 16.5. The van der Waals surface area contributed by atoms with Crippen LogP contribution in [0.3, 0.4) is 0 Å². The maximum atomic E-state index is 12.1. The molecule has 1 aromatic rings. The number of urea groups is 1. The van der Waals surface area contributed by atoms with Gasteiger partial charge in [-0.2, -0.15) is 0 Å². The lowest BCUT2D eigenvalue weighted by Crippen LogP contribution is -2.54. The van der Waals surface area contributed by atoms with Crippen molar-refractivity contribution >= 4 is 17.7 Å². The van der Waals surface area contributed by atoms with Gasteiger partial charge in [-0.05, 0) is 18.6 Å². The lowest BCUT2D eigenvalue weighted by molar-refractivity contribution is -0.147. The van der Waals surface area contributed by atoms with Crippen LogP contribution in [0.5, 0.6) is 0 Å². The number of morpholine rings is 1. The predicted molar refractivity (Wildman–Crippen MR) is 69.1 cm³/mol. The van der Waals surface area contributed by atoms with Crippen molar-refractivity contribution in [2.45, 2.75) is 13.0 Å². The number of hydrogen-bond acceptors (Lipinski definition) is 3. The SMILES string of the molecule is Cc1ccccc1NC(=O)N1CCOCC1C(=O)O. The fourth-order valence-electron chi connectivity index (χ4n) is 1.95. The van der Waals surface area contributed by atoms with E-state index < -0.39 is 18.0 Å². The third-order valence-electron chi connectivity index (χ3n) is 3.06.